The van der Waals surface area contributed by atoms with Gasteiger partial charge in [-0.05, 0) is 31.2 Å². The van der Waals surface area contributed by atoms with Gasteiger partial charge in [-0.25, -0.2) is 4.39 Å². The zero-order valence-electron chi connectivity index (χ0n) is 14.7. The van der Waals surface area contributed by atoms with Crippen LogP contribution in [-0.4, -0.2) is 25.9 Å². The highest BCUT2D eigenvalue weighted by atomic mass is 35.5. The largest absolute Gasteiger partial charge is 0.324 e. The Hall–Kier alpha value is -1.80. The van der Waals surface area contributed by atoms with Crippen LogP contribution in [0.4, 0.5) is 10.1 Å². The highest BCUT2D eigenvalue weighted by Gasteiger charge is 2.21. The molecule has 0 aliphatic carbocycles. The third kappa shape index (κ3) is 4.43. The lowest BCUT2D eigenvalue weighted by Crippen LogP contribution is -2.23. The number of hydrogen-bond donors (Lipinski definition) is 1. The summed E-state index contributed by atoms with van der Waals surface area (Å²) >= 11 is 19.1. The molecular formula is C18H14Cl3FN4OS. The molecule has 1 heterocycles. The molecule has 1 atom stereocenters. The maximum atomic E-state index is 14.0. The summed E-state index contributed by atoms with van der Waals surface area (Å²) in [5.41, 5.74) is 0.697. The first kappa shape index (κ1) is 20.9. The third-order valence-corrected chi connectivity index (χ3v) is 6.04. The van der Waals surface area contributed by atoms with Crippen LogP contribution in [0.1, 0.15) is 6.92 Å². The number of aromatic nitrogens is 3. The third-order valence-electron chi connectivity index (χ3n) is 3.87. The molecule has 0 saturated heterocycles. The van der Waals surface area contributed by atoms with Gasteiger partial charge in [0.05, 0.1) is 31.6 Å². The summed E-state index contributed by atoms with van der Waals surface area (Å²) in [4.78, 5) is 12.5. The van der Waals surface area contributed by atoms with Gasteiger partial charge in [-0.1, -0.05) is 58.7 Å². The first-order valence-corrected chi connectivity index (χ1v) is 10.1. The van der Waals surface area contributed by atoms with Crippen molar-refractivity contribution in [1.29, 1.82) is 0 Å². The predicted octanol–water partition coefficient (Wildman–Crippen LogP) is 5.70. The van der Waals surface area contributed by atoms with Crippen LogP contribution < -0.4 is 5.32 Å². The van der Waals surface area contributed by atoms with Gasteiger partial charge in [-0.3, -0.25) is 4.79 Å². The van der Waals surface area contributed by atoms with Crippen LogP contribution in [0.25, 0.3) is 11.4 Å². The Morgan fingerprint density at radius 3 is 2.54 bits per heavy atom. The average molecular weight is 460 g/mol. The second-order valence-corrected chi connectivity index (χ2v) is 8.37. The molecule has 1 N–H and O–H groups in total. The second kappa shape index (κ2) is 8.69. The fourth-order valence-electron chi connectivity index (χ4n) is 2.36. The summed E-state index contributed by atoms with van der Waals surface area (Å²) in [6.07, 6.45) is 0. The molecule has 0 radical (unpaired) electrons. The number of carbonyl (C=O) groups excluding carboxylic acids is 1. The first-order valence-electron chi connectivity index (χ1n) is 8.04. The van der Waals surface area contributed by atoms with Crippen LogP contribution >= 0.6 is 46.6 Å². The summed E-state index contributed by atoms with van der Waals surface area (Å²) < 4.78 is 15.6. The molecule has 0 bridgehead atoms. The van der Waals surface area contributed by atoms with Crippen molar-refractivity contribution in [2.24, 2.45) is 7.05 Å². The Labute approximate surface area is 180 Å². The zero-order chi connectivity index (χ0) is 20.4. The van der Waals surface area contributed by atoms with E-state index >= 15 is 0 Å². The van der Waals surface area contributed by atoms with Crippen molar-refractivity contribution >= 4 is 58.2 Å². The number of benzene rings is 2. The van der Waals surface area contributed by atoms with Crippen LogP contribution in [0.15, 0.2) is 41.6 Å². The van der Waals surface area contributed by atoms with Crippen molar-refractivity contribution in [2.45, 2.75) is 17.3 Å². The van der Waals surface area contributed by atoms with Gasteiger partial charge in [0, 0.05) is 7.05 Å². The lowest BCUT2D eigenvalue weighted by atomic mass is 10.2. The molecule has 28 heavy (non-hydrogen) atoms. The number of anilines is 1. The van der Waals surface area contributed by atoms with Crippen LogP contribution in [0.3, 0.4) is 0 Å². The molecule has 0 aliphatic heterocycles. The van der Waals surface area contributed by atoms with E-state index < -0.39 is 11.1 Å². The Morgan fingerprint density at radius 1 is 1.14 bits per heavy atom. The van der Waals surface area contributed by atoms with Gasteiger partial charge < -0.3 is 9.88 Å². The first-order chi connectivity index (χ1) is 13.3. The second-order valence-electron chi connectivity index (χ2n) is 5.84. The zero-order valence-corrected chi connectivity index (χ0v) is 17.8. The standard InChI is InChI=1S/C18H14Cl3FN4OS/c1-9(17(27)23-15-8-12(20)11(19)7-13(15)21)28-18-25-24-16(26(18)2)10-5-3-4-6-14(10)22/h3-9H,1-2H3,(H,23,27). The number of thioether (sulfide) groups is 1. The fraction of sp³-hybridized carbons (Fsp3) is 0.167. The molecule has 2 aromatic carbocycles. The molecule has 0 spiro atoms. The van der Waals surface area contributed by atoms with Crippen LogP contribution in [0.5, 0.6) is 0 Å². The van der Waals surface area contributed by atoms with E-state index in [1.807, 2.05) is 0 Å². The van der Waals surface area contributed by atoms with Gasteiger partial charge in [-0.2, -0.15) is 0 Å². The van der Waals surface area contributed by atoms with E-state index in [9.17, 15) is 9.18 Å². The molecule has 5 nitrogen and oxygen atoms in total. The summed E-state index contributed by atoms with van der Waals surface area (Å²) in [5, 5.41) is 11.6. The van der Waals surface area contributed by atoms with E-state index in [2.05, 4.69) is 15.5 Å². The van der Waals surface area contributed by atoms with Crippen molar-refractivity contribution in [2.75, 3.05) is 5.32 Å². The van der Waals surface area contributed by atoms with Crippen LogP contribution in [0, 0.1) is 5.82 Å². The Bertz CT molecular complexity index is 1040. The minimum Gasteiger partial charge on any atom is -0.324 e. The summed E-state index contributed by atoms with van der Waals surface area (Å²) in [6.45, 7) is 1.71. The Morgan fingerprint density at radius 2 is 1.82 bits per heavy atom. The summed E-state index contributed by atoms with van der Waals surface area (Å²) in [5.74, 6) is -0.323. The van der Waals surface area contributed by atoms with Crippen molar-refractivity contribution in [3.05, 3.63) is 57.3 Å². The van der Waals surface area contributed by atoms with Gasteiger partial charge in [-0.15, -0.1) is 10.2 Å². The normalized spacial score (nSPS) is 12.1. The number of hydrogen-bond acceptors (Lipinski definition) is 4. The lowest BCUT2D eigenvalue weighted by Gasteiger charge is -2.13. The molecular weight excluding hydrogens is 446 g/mol. The molecule has 1 amide bonds. The number of nitrogens with zero attached hydrogens (tertiary/aromatic N) is 3. The summed E-state index contributed by atoms with van der Waals surface area (Å²) in [7, 11) is 1.71. The van der Waals surface area contributed by atoms with E-state index in [4.69, 9.17) is 34.8 Å². The molecule has 146 valence electrons. The van der Waals surface area contributed by atoms with Crippen molar-refractivity contribution in [3.63, 3.8) is 0 Å². The van der Waals surface area contributed by atoms with Crippen LogP contribution in [0.2, 0.25) is 15.1 Å². The number of halogens is 4. The number of rotatable bonds is 5. The topological polar surface area (TPSA) is 59.8 Å². The highest BCUT2D eigenvalue weighted by Crippen LogP contribution is 2.33. The molecule has 3 aromatic rings. The molecule has 0 fully saturated rings. The maximum Gasteiger partial charge on any atom is 0.237 e. The average Bonchev–Trinajstić information content (AvgIpc) is 3.00. The van der Waals surface area contributed by atoms with Gasteiger partial charge in [0.2, 0.25) is 5.91 Å². The highest BCUT2D eigenvalue weighted by molar-refractivity contribution is 8.00. The number of carbonyl (C=O) groups is 1. The van der Waals surface area contributed by atoms with E-state index in [1.54, 1.807) is 36.7 Å². The van der Waals surface area contributed by atoms with Gasteiger partial charge in [0.15, 0.2) is 11.0 Å². The number of amides is 1. The summed E-state index contributed by atoms with van der Waals surface area (Å²) in [6, 6.07) is 9.24. The van der Waals surface area contributed by atoms with Crippen molar-refractivity contribution < 1.29 is 9.18 Å². The van der Waals surface area contributed by atoms with E-state index in [0.717, 1.165) is 0 Å². The molecule has 0 aliphatic rings. The minimum atomic E-state index is -0.526. The van der Waals surface area contributed by atoms with E-state index in [0.29, 0.717) is 27.3 Å². The van der Waals surface area contributed by atoms with Crippen molar-refractivity contribution in [3.8, 4) is 11.4 Å². The quantitative estimate of drug-likeness (QED) is 0.393. The molecule has 1 unspecified atom stereocenters. The van der Waals surface area contributed by atoms with Gasteiger partial charge in [0.1, 0.15) is 5.82 Å². The molecule has 0 saturated carbocycles. The van der Waals surface area contributed by atoms with E-state index in [1.165, 1.54) is 30.0 Å². The number of nitrogens with one attached hydrogen (secondary N) is 1. The Balaban J connectivity index is 1.75. The molecule has 1 aromatic heterocycles. The van der Waals surface area contributed by atoms with E-state index in [-0.39, 0.29) is 16.0 Å². The Kier molecular flexibility index (Phi) is 6.50. The predicted molar refractivity (Wildman–Crippen MR) is 112 cm³/mol. The van der Waals surface area contributed by atoms with Crippen molar-refractivity contribution in [1.82, 2.24) is 14.8 Å². The van der Waals surface area contributed by atoms with Gasteiger partial charge >= 0.3 is 0 Å². The van der Waals surface area contributed by atoms with Gasteiger partial charge in [0.25, 0.3) is 0 Å². The lowest BCUT2D eigenvalue weighted by molar-refractivity contribution is -0.115. The van der Waals surface area contributed by atoms with Crippen LogP contribution in [-0.2, 0) is 11.8 Å². The minimum absolute atomic E-state index is 0.278. The molecule has 10 heteroatoms. The fourth-order valence-corrected chi connectivity index (χ4v) is 3.77. The maximum absolute atomic E-state index is 14.0. The molecule has 3 rings (SSSR count). The monoisotopic (exact) mass is 458 g/mol. The smallest absolute Gasteiger partial charge is 0.237 e. The SMILES string of the molecule is CC(Sc1nnc(-c2ccccc2F)n1C)C(=O)Nc1cc(Cl)c(Cl)cc1Cl.